The minimum atomic E-state index is 0.0159. The maximum Gasteiger partial charge on any atom is 0.161 e. The van der Waals surface area contributed by atoms with Gasteiger partial charge in [-0.05, 0) is 76.2 Å². The van der Waals surface area contributed by atoms with Gasteiger partial charge in [0, 0.05) is 33.0 Å². The first-order chi connectivity index (χ1) is 16.3. The second-order valence-corrected chi connectivity index (χ2v) is 11.1. The van der Waals surface area contributed by atoms with Crippen molar-refractivity contribution in [2.45, 2.75) is 40.0 Å². The molecule has 6 rings (SSSR count). The molecule has 3 heteroatoms. The fraction of sp³-hybridized carbons (Fsp3) is 0.194. The molecule has 3 aromatic carbocycles. The third-order valence-corrected chi connectivity index (χ3v) is 7.89. The number of aromatic nitrogens is 1. The molecule has 6 aromatic rings. The van der Waals surface area contributed by atoms with Crippen LogP contribution in [-0.2, 0) is 5.41 Å². The van der Waals surface area contributed by atoms with E-state index in [0.29, 0.717) is 0 Å². The molecule has 0 radical (unpaired) electrons. The Labute approximate surface area is 203 Å². The molecule has 0 saturated carbocycles. The molecule has 0 amide bonds. The Morgan fingerprint density at radius 2 is 1.65 bits per heavy atom. The van der Waals surface area contributed by atoms with Gasteiger partial charge in [0.2, 0.25) is 0 Å². The van der Waals surface area contributed by atoms with Crippen LogP contribution in [0.5, 0.6) is 0 Å². The summed E-state index contributed by atoms with van der Waals surface area (Å²) >= 11 is 1.79. The number of hydrogen-bond acceptors (Lipinski definition) is 3. The van der Waals surface area contributed by atoms with Crippen LogP contribution in [0.3, 0.4) is 0 Å². The number of fused-ring (bicyclic) bond motifs is 3. The van der Waals surface area contributed by atoms with Crippen molar-refractivity contribution in [2.24, 2.45) is 0 Å². The molecule has 0 aliphatic heterocycles. The van der Waals surface area contributed by atoms with Crippen LogP contribution >= 0.6 is 11.3 Å². The lowest BCUT2D eigenvalue weighted by atomic mass is 9.82. The first kappa shape index (κ1) is 21.1. The lowest BCUT2D eigenvalue weighted by molar-refractivity contribution is 0.596. The minimum absolute atomic E-state index is 0.0159. The molecule has 0 fully saturated rings. The van der Waals surface area contributed by atoms with Crippen molar-refractivity contribution < 1.29 is 4.42 Å². The normalized spacial score (nSPS) is 12.3. The van der Waals surface area contributed by atoms with Crippen molar-refractivity contribution in [3.63, 3.8) is 0 Å². The molecule has 3 heterocycles. The highest BCUT2D eigenvalue weighted by Gasteiger charge is 2.21. The largest absolute Gasteiger partial charge is 0.453 e. The average Bonchev–Trinajstić information content (AvgIpc) is 3.37. The molecule has 34 heavy (non-hydrogen) atoms. The molecule has 168 valence electrons. The van der Waals surface area contributed by atoms with Gasteiger partial charge in [-0.2, -0.15) is 0 Å². The first-order valence-electron chi connectivity index (χ1n) is 11.7. The monoisotopic (exact) mass is 461 g/mol. The Balaban J connectivity index is 1.59. The van der Waals surface area contributed by atoms with Gasteiger partial charge in [0.05, 0.1) is 0 Å². The Morgan fingerprint density at radius 1 is 0.824 bits per heavy atom. The topological polar surface area (TPSA) is 26.0 Å². The molecule has 0 bridgehead atoms. The predicted octanol–water partition coefficient (Wildman–Crippen LogP) is 9.44. The Kier molecular flexibility index (Phi) is 4.69. The zero-order valence-corrected chi connectivity index (χ0v) is 21.0. The van der Waals surface area contributed by atoms with Crippen LogP contribution < -0.4 is 0 Å². The summed E-state index contributed by atoms with van der Waals surface area (Å²) in [6.45, 7) is 11.1. The van der Waals surface area contributed by atoms with Crippen molar-refractivity contribution in [3.05, 3.63) is 88.9 Å². The summed E-state index contributed by atoms with van der Waals surface area (Å²) in [5.74, 6) is 0.925. The molecule has 3 aromatic heterocycles. The zero-order valence-electron chi connectivity index (χ0n) is 20.2. The van der Waals surface area contributed by atoms with Crippen molar-refractivity contribution >= 4 is 43.2 Å². The van der Waals surface area contributed by atoms with Crippen LogP contribution in [-0.4, -0.2) is 4.98 Å². The second-order valence-electron chi connectivity index (χ2n) is 10.2. The van der Waals surface area contributed by atoms with Crippen molar-refractivity contribution in [3.8, 4) is 22.6 Å². The van der Waals surface area contributed by atoms with Crippen molar-refractivity contribution in [1.82, 2.24) is 4.98 Å². The van der Waals surface area contributed by atoms with Gasteiger partial charge in [0.25, 0.3) is 0 Å². The van der Waals surface area contributed by atoms with Crippen molar-refractivity contribution in [1.29, 1.82) is 0 Å². The fourth-order valence-corrected chi connectivity index (χ4v) is 5.98. The van der Waals surface area contributed by atoms with E-state index in [4.69, 9.17) is 9.40 Å². The summed E-state index contributed by atoms with van der Waals surface area (Å²) in [6, 6.07) is 21.9. The molecule has 0 aliphatic carbocycles. The standard InChI is InChI=1S/C31H27NOS/c1-18-17-34-27-16-21(10-11-23(18)27)29-19(2)24-12-13-32-28(30(24)33-29)22-14-20-8-6-7-9-25(20)26(15-22)31(3,4)5/h6-17H,1-5H3. The molecule has 0 aliphatic rings. The zero-order chi connectivity index (χ0) is 23.6. The van der Waals surface area contributed by atoms with Crippen LogP contribution in [0.25, 0.3) is 54.4 Å². The van der Waals surface area contributed by atoms with Crippen LogP contribution in [0.15, 0.2) is 76.7 Å². The van der Waals surface area contributed by atoms with E-state index < -0.39 is 0 Å². The van der Waals surface area contributed by atoms with Gasteiger partial charge in [-0.15, -0.1) is 11.3 Å². The SMILES string of the molecule is Cc1csc2cc(-c3oc4c(-c5cc(C(C)(C)C)c6ccccc6c5)nccc4c3C)ccc12. The Morgan fingerprint density at radius 3 is 2.47 bits per heavy atom. The number of furan rings is 1. The van der Waals surface area contributed by atoms with Gasteiger partial charge >= 0.3 is 0 Å². The number of hydrogen-bond donors (Lipinski definition) is 0. The fourth-order valence-electron chi connectivity index (χ4n) is 5.00. The third kappa shape index (κ3) is 3.26. The third-order valence-electron chi connectivity index (χ3n) is 6.83. The van der Waals surface area contributed by atoms with Gasteiger partial charge < -0.3 is 4.42 Å². The van der Waals surface area contributed by atoms with E-state index in [1.165, 1.54) is 32.0 Å². The highest BCUT2D eigenvalue weighted by Crippen LogP contribution is 2.41. The first-order valence-corrected chi connectivity index (χ1v) is 12.6. The summed E-state index contributed by atoms with van der Waals surface area (Å²) < 4.78 is 7.90. The maximum atomic E-state index is 6.61. The summed E-state index contributed by atoms with van der Waals surface area (Å²) in [5.41, 5.74) is 7.78. The number of thiophene rings is 1. The maximum absolute atomic E-state index is 6.61. The molecule has 0 N–H and O–H groups in total. The van der Waals surface area contributed by atoms with E-state index in [0.717, 1.165) is 39.1 Å². The van der Waals surface area contributed by atoms with Crippen LogP contribution in [0, 0.1) is 13.8 Å². The number of aryl methyl sites for hydroxylation is 2. The Hall–Kier alpha value is -3.43. The molecule has 0 spiro atoms. The highest BCUT2D eigenvalue weighted by atomic mass is 32.1. The van der Waals surface area contributed by atoms with E-state index in [9.17, 15) is 0 Å². The summed E-state index contributed by atoms with van der Waals surface area (Å²) in [4.78, 5) is 4.82. The van der Waals surface area contributed by atoms with E-state index in [1.807, 2.05) is 6.20 Å². The summed E-state index contributed by atoms with van der Waals surface area (Å²) in [5, 5.41) is 7.17. The van der Waals surface area contributed by atoms with E-state index in [-0.39, 0.29) is 5.41 Å². The molecular weight excluding hydrogens is 434 g/mol. The molecule has 2 nitrogen and oxygen atoms in total. The number of pyridine rings is 1. The quantitative estimate of drug-likeness (QED) is 0.257. The second kappa shape index (κ2) is 7.54. The number of benzene rings is 3. The molecule has 0 atom stereocenters. The summed E-state index contributed by atoms with van der Waals surface area (Å²) in [7, 11) is 0. The molecular formula is C31H27NOS. The van der Waals surface area contributed by atoms with E-state index >= 15 is 0 Å². The Bertz CT molecular complexity index is 1710. The lowest BCUT2D eigenvalue weighted by Gasteiger charge is -2.22. The van der Waals surface area contributed by atoms with Gasteiger partial charge in [-0.1, -0.05) is 57.2 Å². The predicted molar refractivity (Wildman–Crippen MR) is 146 cm³/mol. The van der Waals surface area contributed by atoms with Gasteiger partial charge in [-0.3, -0.25) is 4.98 Å². The number of nitrogens with zero attached hydrogens (tertiary/aromatic N) is 1. The molecule has 0 saturated heterocycles. The minimum Gasteiger partial charge on any atom is -0.453 e. The van der Waals surface area contributed by atoms with Crippen LogP contribution in [0.4, 0.5) is 0 Å². The van der Waals surface area contributed by atoms with Crippen LogP contribution in [0.1, 0.15) is 37.5 Å². The summed E-state index contributed by atoms with van der Waals surface area (Å²) in [6.07, 6.45) is 1.90. The lowest BCUT2D eigenvalue weighted by Crippen LogP contribution is -2.12. The van der Waals surface area contributed by atoms with Crippen molar-refractivity contribution in [2.75, 3.05) is 0 Å². The smallest absolute Gasteiger partial charge is 0.161 e. The molecule has 0 unspecified atom stereocenters. The number of rotatable bonds is 2. The van der Waals surface area contributed by atoms with Crippen LogP contribution in [0.2, 0.25) is 0 Å². The van der Waals surface area contributed by atoms with Gasteiger partial charge in [0.1, 0.15) is 11.5 Å². The van der Waals surface area contributed by atoms with Gasteiger partial charge in [0.15, 0.2) is 5.58 Å². The highest BCUT2D eigenvalue weighted by molar-refractivity contribution is 7.17. The van der Waals surface area contributed by atoms with E-state index in [1.54, 1.807) is 11.3 Å². The van der Waals surface area contributed by atoms with E-state index in [2.05, 4.69) is 101 Å². The average molecular weight is 462 g/mol. The van der Waals surface area contributed by atoms with Gasteiger partial charge in [-0.25, -0.2) is 0 Å².